The molecule has 0 aliphatic carbocycles. The van der Waals surface area contributed by atoms with Crippen LogP contribution in [-0.4, -0.2) is 19.8 Å². The predicted molar refractivity (Wildman–Crippen MR) is 104 cm³/mol. The minimum absolute atomic E-state index is 1.09. The summed E-state index contributed by atoms with van der Waals surface area (Å²) in [6.07, 6.45) is 4.29. The number of nitrogens with zero attached hydrogens (tertiary/aromatic N) is 1. The molecule has 7 nitrogen and oxygen atoms in total. The maximum absolute atomic E-state index is 8.49. The van der Waals surface area contributed by atoms with E-state index in [0.29, 0.717) is 0 Å². The second kappa shape index (κ2) is 9.69. The standard InChI is InChI=1S/C21H23N3.ClHO4/c1-15-16(2)22-20-7-5-6-8-21(20)23-19(15)14-11-17-9-12-18(13-10-17)24(3)4;2-1(3,4)5/h5-14,22H,1-4H3;(H,2,3,4,5)/b14-11+;. The predicted octanol–water partition coefficient (Wildman–Crippen LogP) is -1.42. The van der Waals surface area contributed by atoms with Crippen molar-refractivity contribution >= 4 is 28.8 Å². The number of anilines is 2. The van der Waals surface area contributed by atoms with Crippen LogP contribution < -0.4 is 33.8 Å². The summed E-state index contributed by atoms with van der Waals surface area (Å²) < 4.78 is 34.0. The molecule has 2 aromatic carbocycles. The van der Waals surface area contributed by atoms with Crippen LogP contribution in [0, 0.1) is 10.2 Å². The fraction of sp³-hybridized carbons (Fsp3) is 0.190. The van der Waals surface area contributed by atoms with Gasteiger partial charge in [0.2, 0.25) is 11.4 Å². The van der Waals surface area contributed by atoms with E-state index >= 15 is 0 Å². The van der Waals surface area contributed by atoms with E-state index in [-0.39, 0.29) is 0 Å². The molecule has 8 heteroatoms. The van der Waals surface area contributed by atoms with Gasteiger partial charge in [-0.25, -0.2) is 23.6 Å². The van der Waals surface area contributed by atoms with E-state index in [2.05, 4.69) is 91.7 Å². The zero-order chi connectivity index (χ0) is 21.6. The number of para-hydroxylation sites is 2. The van der Waals surface area contributed by atoms with Crippen LogP contribution in [0.2, 0.25) is 0 Å². The Bertz CT molecular complexity index is 924. The maximum Gasteiger partial charge on any atom is 0.227 e. The Hall–Kier alpha value is -2.68. The van der Waals surface area contributed by atoms with Crippen molar-refractivity contribution < 1.29 is 33.9 Å². The highest BCUT2D eigenvalue weighted by Gasteiger charge is 2.17. The van der Waals surface area contributed by atoms with Crippen LogP contribution >= 0.6 is 0 Å². The molecule has 0 saturated heterocycles. The van der Waals surface area contributed by atoms with Crippen LogP contribution in [0.3, 0.4) is 0 Å². The van der Waals surface area contributed by atoms with Gasteiger partial charge in [-0.1, -0.05) is 24.3 Å². The third kappa shape index (κ3) is 7.34. The Morgan fingerprint density at radius 1 is 0.897 bits per heavy atom. The van der Waals surface area contributed by atoms with E-state index in [9.17, 15) is 0 Å². The quantitative estimate of drug-likeness (QED) is 0.632. The first-order chi connectivity index (χ1) is 13.5. The molecule has 1 aliphatic rings. The van der Waals surface area contributed by atoms with Gasteiger partial charge in [0.25, 0.3) is 0 Å². The van der Waals surface area contributed by atoms with Crippen molar-refractivity contribution in [2.45, 2.75) is 13.8 Å². The summed E-state index contributed by atoms with van der Waals surface area (Å²) in [5, 5.41) is 3.48. The summed E-state index contributed by atoms with van der Waals surface area (Å²) >= 11 is 0. The van der Waals surface area contributed by atoms with Crippen molar-refractivity contribution in [1.29, 1.82) is 0 Å². The van der Waals surface area contributed by atoms with Gasteiger partial charge in [-0.2, -0.15) is 0 Å². The van der Waals surface area contributed by atoms with Crippen LogP contribution in [0.25, 0.3) is 6.08 Å². The molecule has 2 aromatic rings. The van der Waals surface area contributed by atoms with E-state index in [1.165, 1.54) is 16.8 Å². The van der Waals surface area contributed by atoms with Crippen molar-refractivity contribution in [3.05, 3.63) is 71.4 Å². The van der Waals surface area contributed by atoms with Crippen molar-refractivity contribution in [3.8, 4) is 0 Å². The van der Waals surface area contributed by atoms with Crippen molar-refractivity contribution in [3.63, 3.8) is 0 Å². The lowest BCUT2D eigenvalue weighted by Crippen LogP contribution is -2.68. The van der Waals surface area contributed by atoms with Crippen LogP contribution in [-0.2, 0) is 0 Å². The molecule has 0 amide bonds. The molecule has 0 unspecified atom stereocenters. The highest BCUT2D eigenvalue weighted by molar-refractivity contribution is 6.08. The van der Waals surface area contributed by atoms with Crippen LogP contribution in [0.1, 0.15) is 19.4 Å². The van der Waals surface area contributed by atoms with Crippen molar-refractivity contribution in [1.82, 2.24) is 0 Å². The Labute approximate surface area is 172 Å². The molecule has 29 heavy (non-hydrogen) atoms. The third-order valence-electron chi connectivity index (χ3n) is 4.34. The van der Waals surface area contributed by atoms with Crippen LogP contribution in [0.5, 0.6) is 0 Å². The van der Waals surface area contributed by atoms with Gasteiger partial charge in [-0.3, -0.25) is 0 Å². The summed E-state index contributed by atoms with van der Waals surface area (Å²) in [5.74, 6) is 0. The van der Waals surface area contributed by atoms with E-state index in [1.807, 2.05) is 12.1 Å². The number of benzene rings is 2. The van der Waals surface area contributed by atoms with Crippen molar-refractivity contribution in [2.24, 2.45) is 0 Å². The van der Waals surface area contributed by atoms with E-state index in [4.69, 9.17) is 18.6 Å². The molecule has 2 N–H and O–H groups in total. The Kier molecular flexibility index (Phi) is 7.55. The largest absolute Gasteiger partial charge is 0.378 e. The second-order valence-corrected chi connectivity index (χ2v) is 7.41. The number of nitrogens with one attached hydrogen (secondary N) is 2. The SMILES string of the molecule is CC1=C(C)C(/C=C/c2ccc(N(C)C)cc2)=[NH+]c2ccccc2N1.[O-][Cl+3]([O-])([O-])[O-]. The Morgan fingerprint density at radius 2 is 1.48 bits per heavy atom. The molecule has 1 aliphatic heterocycles. The number of hydrogen-bond acceptors (Lipinski definition) is 6. The number of fused-ring (bicyclic) bond motifs is 1. The summed E-state index contributed by atoms with van der Waals surface area (Å²) in [4.78, 5) is 5.65. The van der Waals surface area contributed by atoms with Gasteiger partial charge in [0.1, 0.15) is 5.69 Å². The minimum Gasteiger partial charge on any atom is -0.378 e. The molecule has 0 spiro atoms. The molecule has 0 aromatic heterocycles. The molecule has 3 rings (SSSR count). The summed E-state index contributed by atoms with van der Waals surface area (Å²) in [7, 11) is -0.838. The lowest BCUT2D eigenvalue weighted by Gasteiger charge is -2.17. The third-order valence-corrected chi connectivity index (χ3v) is 4.34. The monoisotopic (exact) mass is 417 g/mol. The topological polar surface area (TPSA) is 121 Å². The summed E-state index contributed by atoms with van der Waals surface area (Å²) in [5.41, 5.74) is 8.08. The van der Waals surface area contributed by atoms with Gasteiger partial charge in [-0.05, 0) is 43.7 Å². The fourth-order valence-corrected chi connectivity index (χ4v) is 2.67. The van der Waals surface area contributed by atoms with Gasteiger partial charge in [0, 0.05) is 43.2 Å². The Balaban J connectivity index is 0.000000537. The normalized spacial score (nSPS) is 13.7. The molecule has 0 atom stereocenters. The van der Waals surface area contributed by atoms with Gasteiger partial charge < -0.3 is 10.2 Å². The fourth-order valence-electron chi connectivity index (χ4n) is 2.67. The minimum atomic E-state index is -4.94. The van der Waals surface area contributed by atoms with Gasteiger partial charge >= 0.3 is 0 Å². The van der Waals surface area contributed by atoms with E-state index in [1.54, 1.807) is 0 Å². The molecular formula is C21H24ClN3O4. The lowest BCUT2D eigenvalue weighted by molar-refractivity contribution is -2.00. The molecule has 154 valence electrons. The molecular weight excluding hydrogens is 394 g/mol. The van der Waals surface area contributed by atoms with E-state index < -0.39 is 10.2 Å². The summed E-state index contributed by atoms with van der Waals surface area (Å²) in [6, 6.07) is 16.8. The van der Waals surface area contributed by atoms with Gasteiger partial charge in [-0.15, -0.1) is 10.2 Å². The zero-order valence-corrected chi connectivity index (χ0v) is 17.5. The molecule has 0 saturated carbocycles. The zero-order valence-electron chi connectivity index (χ0n) is 16.7. The van der Waals surface area contributed by atoms with Crippen molar-refractivity contribution in [2.75, 3.05) is 24.3 Å². The van der Waals surface area contributed by atoms with Crippen LogP contribution in [0.15, 0.2) is 65.9 Å². The second-order valence-electron chi connectivity index (χ2n) is 6.66. The molecule has 0 fully saturated rings. The highest BCUT2D eigenvalue weighted by Crippen LogP contribution is 2.21. The first-order valence-electron chi connectivity index (χ1n) is 8.79. The maximum atomic E-state index is 8.49. The van der Waals surface area contributed by atoms with E-state index in [0.717, 1.165) is 22.8 Å². The van der Waals surface area contributed by atoms with Gasteiger partial charge in [0.05, 0.1) is 0 Å². The first kappa shape index (κ1) is 22.6. The average molecular weight is 418 g/mol. The molecule has 0 bridgehead atoms. The Morgan fingerprint density at radius 3 is 2.07 bits per heavy atom. The first-order valence-corrected chi connectivity index (χ1v) is 10.0. The number of rotatable bonds is 3. The van der Waals surface area contributed by atoms with Gasteiger partial charge in [0.15, 0.2) is 0 Å². The summed E-state index contributed by atoms with van der Waals surface area (Å²) in [6.45, 7) is 4.24. The highest BCUT2D eigenvalue weighted by atomic mass is 35.7. The smallest absolute Gasteiger partial charge is 0.227 e. The molecule has 1 heterocycles. The number of halogens is 1. The van der Waals surface area contributed by atoms with Crippen LogP contribution in [0.4, 0.5) is 17.1 Å². The number of hydrogen-bond donors (Lipinski definition) is 2. The average Bonchev–Trinajstić information content (AvgIpc) is 2.76. The number of allylic oxidation sites excluding steroid dienone is 3. The molecule has 0 radical (unpaired) electrons. The lowest BCUT2D eigenvalue weighted by atomic mass is 10.1.